The van der Waals surface area contributed by atoms with Gasteiger partial charge in [0.25, 0.3) is 0 Å². The lowest BCUT2D eigenvalue weighted by Crippen LogP contribution is -2.20. The average molecular weight is 317 g/mol. The van der Waals surface area contributed by atoms with E-state index < -0.39 is 56.9 Å². The molecule has 1 N–H and O–H groups in total. The first kappa shape index (κ1) is 16.7. The van der Waals surface area contributed by atoms with E-state index in [4.69, 9.17) is 0 Å². The number of rotatable bonds is 6. The molecule has 0 saturated carbocycles. The van der Waals surface area contributed by atoms with Crippen LogP contribution in [-0.2, 0) is 9.84 Å². The predicted molar refractivity (Wildman–Crippen MR) is 63.7 cm³/mol. The van der Waals surface area contributed by atoms with E-state index in [1.807, 2.05) is 5.32 Å². The standard InChI is InChI=1S/C11H12F5NO2S/c1-2-4-20(18,19)5-3-17-11-9(15)7(13)6(12)8(14)10(11)16/h17H,2-5H2,1H3. The molecule has 0 radical (unpaired) electrons. The first-order valence-corrected chi connectivity index (χ1v) is 7.49. The summed E-state index contributed by atoms with van der Waals surface area (Å²) in [4.78, 5) is 0. The van der Waals surface area contributed by atoms with Crippen LogP contribution < -0.4 is 5.32 Å². The molecule has 0 aliphatic rings. The van der Waals surface area contributed by atoms with E-state index in [-0.39, 0.29) is 5.75 Å². The second-order valence-electron chi connectivity index (χ2n) is 4.02. The van der Waals surface area contributed by atoms with E-state index in [1.54, 1.807) is 6.92 Å². The van der Waals surface area contributed by atoms with Gasteiger partial charge < -0.3 is 5.32 Å². The van der Waals surface area contributed by atoms with Gasteiger partial charge >= 0.3 is 0 Å². The van der Waals surface area contributed by atoms with Gasteiger partial charge in [-0.1, -0.05) is 6.92 Å². The molecule has 0 aromatic heterocycles. The maximum Gasteiger partial charge on any atom is 0.200 e. The third-order valence-corrected chi connectivity index (χ3v) is 4.30. The molecule has 20 heavy (non-hydrogen) atoms. The van der Waals surface area contributed by atoms with Crippen LogP contribution in [0.5, 0.6) is 0 Å². The highest BCUT2D eigenvalue weighted by Crippen LogP contribution is 2.26. The van der Waals surface area contributed by atoms with Crippen molar-refractivity contribution in [3.8, 4) is 0 Å². The molecule has 0 bridgehead atoms. The minimum Gasteiger partial charge on any atom is -0.379 e. The summed E-state index contributed by atoms with van der Waals surface area (Å²) >= 11 is 0. The molecule has 9 heteroatoms. The van der Waals surface area contributed by atoms with Crippen molar-refractivity contribution in [3.05, 3.63) is 29.1 Å². The highest BCUT2D eigenvalue weighted by atomic mass is 32.2. The van der Waals surface area contributed by atoms with Crippen molar-refractivity contribution in [3.63, 3.8) is 0 Å². The Morgan fingerprint density at radius 2 is 1.30 bits per heavy atom. The third kappa shape index (κ3) is 3.59. The molecule has 0 aliphatic heterocycles. The van der Waals surface area contributed by atoms with Crippen molar-refractivity contribution < 1.29 is 30.4 Å². The largest absolute Gasteiger partial charge is 0.379 e. The van der Waals surface area contributed by atoms with Gasteiger partial charge in [-0.2, -0.15) is 0 Å². The Balaban J connectivity index is 2.90. The molecule has 0 spiro atoms. The monoisotopic (exact) mass is 317 g/mol. The van der Waals surface area contributed by atoms with Gasteiger partial charge in [-0.3, -0.25) is 0 Å². The summed E-state index contributed by atoms with van der Waals surface area (Å²) in [5.74, 6) is -11.1. The predicted octanol–water partition coefficient (Wildman–Crippen LogP) is 2.62. The Labute approximate surface area is 112 Å². The first-order valence-electron chi connectivity index (χ1n) is 5.67. The van der Waals surface area contributed by atoms with Crippen LogP contribution in [0.3, 0.4) is 0 Å². The Morgan fingerprint density at radius 3 is 1.75 bits per heavy atom. The maximum atomic E-state index is 13.2. The minimum absolute atomic E-state index is 0.119. The fourth-order valence-electron chi connectivity index (χ4n) is 1.50. The highest BCUT2D eigenvalue weighted by molar-refractivity contribution is 7.91. The van der Waals surface area contributed by atoms with Crippen LogP contribution in [0.2, 0.25) is 0 Å². The van der Waals surface area contributed by atoms with Crippen molar-refractivity contribution >= 4 is 15.5 Å². The van der Waals surface area contributed by atoms with Gasteiger partial charge in [-0.05, 0) is 6.42 Å². The van der Waals surface area contributed by atoms with Crippen LogP contribution in [0.4, 0.5) is 27.6 Å². The quantitative estimate of drug-likeness (QED) is 0.498. The fraction of sp³-hybridized carbons (Fsp3) is 0.455. The minimum atomic E-state index is -3.42. The summed E-state index contributed by atoms with van der Waals surface area (Å²) in [6.45, 7) is 1.18. The van der Waals surface area contributed by atoms with Gasteiger partial charge in [0.2, 0.25) is 5.82 Å². The van der Waals surface area contributed by atoms with Crippen LogP contribution in [0.15, 0.2) is 0 Å². The molecule has 1 aromatic rings. The number of hydrogen-bond donors (Lipinski definition) is 1. The van der Waals surface area contributed by atoms with Gasteiger partial charge in [-0.15, -0.1) is 0 Å². The lowest BCUT2D eigenvalue weighted by Gasteiger charge is -2.10. The average Bonchev–Trinajstić information content (AvgIpc) is 2.38. The third-order valence-electron chi connectivity index (χ3n) is 2.44. The lowest BCUT2D eigenvalue weighted by atomic mass is 10.2. The van der Waals surface area contributed by atoms with Crippen molar-refractivity contribution in [2.24, 2.45) is 0 Å². The summed E-state index contributed by atoms with van der Waals surface area (Å²) < 4.78 is 87.7. The molecule has 0 saturated heterocycles. The van der Waals surface area contributed by atoms with E-state index in [1.165, 1.54) is 0 Å². The number of benzene rings is 1. The zero-order chi connectivity index (χ0) is 15.5. The van der Waals surface area contributed by atoms with Crippen molar-refractivity contribution in [1.29, 1.82) is 0 Å². The molecule has 1 rings (SSSR count). The Bertz CT molecular complexity index is 574. The maximum absolute atomic E-state index is 13.2. The molecular formula is C11H12F5NO2S. The highest BCUT2D eigenvalue weighted by Gasteiger charge is 2.25. The van der Waals surface area contributed by atoms with Crippen molar-refractivity contribution in [2.75, 3.05) is 23.4 Å². The van der Waals surface area contributed by atoms with Crippen LogP contribution in [-0.4, -0.2) is 26.5 Å². The van der Waals surface area contributed by atoms with E-state index in [0.717, 1.165) is 0 Å². The molecule has 0 unspecified atom stereocenters. The number of sulfone groups is 1. The number of anilines is 1. The molecule has 0 atom stereocenters. The van der Waals surface area contributed by atoms with Crippen LogP contribution >= 0.6 is 0 Å². The molecule has 0 heterocycles. The zero-order valence-corrected chi connectivity index (χ0v) is 11.3. The zero-order valence-electron chi connectivity index (χ0n) is 10.4. The second kappa shape index (κ2) is 6.38. The first-order chi connectivity index (χ1) is 9.21. The molecule has 114 valence electrons. The SMILES string of the molecule is CCCS(=O)(=O)CCNc1c(F)c(F)c(F)c(F)c1F. The van der Waals surface area contributed by atoms with Gasteiger partial charge in [0.15, 0.2) is 33.1 Å². The Morgan fingerprint density at radius 1 is 0.850 bits per heavy atom. The van der Waals surface area contributed by atoms with Gasteiger partial charge in [-0.25, -0.2) is 30.4 Å². The van der Waals surface area contributed by atoms with E-state index >= 15 is 0 Å². The van der Waals surface area contributed by atoms with Crippen LogP contribution in [0.25, 0.3) is 0 Å². The van der Waals surface area contributed by atoms with E-state index in [9.17, 15) is 30.4 Å². The molecule has 0 fully saturated rings. The van der Waals surface area contributed by atoms with Crippen LogP contribution in [0, 0.1) is 29.1 Å². The normalized spacial score (nSPS) is 11.7. The summed E-state index contributed by atoms with van der Waals surface area (Å²) in [7, 11) is -3.42. The van der Waals surface area contributed by atoms with Crippen molar-refractivity contribution in [2.45, 2.75) is 13.3 Å². The molecule has 0 amide bonds. The Kier molecular flexibility index (Phi) is 5.32. The number of nitrogens with one attached hydrogen (secondary N) is 1. The molecule has 3 nitrogen and oxygen atoms in total. The van der Waals surface area contributed by atoms with Gasteiger partial charge in [0, 0.05) is 12.3 Å². The summed E-state index contributed by atoms with van der Waals surface area (Å²) in [5.41, 5.74) is -1.23. The smallest absolute Gasteiger partial charge is 0.200 e. The van der Waals surface area contributed by atoms with Crippen LogP contribution in [0.1, 0.15) is 13.3 Å². The number of halogens is 5. The van der Waals surface area contributed by atoms with E-state index in [0.29, 0.717) is 6.42 Å². The summed E-state index contributed by atoms with van der Waals surface area (Å²) in [6.07, 6.45) is 0.366. The molecule has 1 aromatic carbocycles. The molecule has 0 aliphatic carbocycles. The summed E-state index contributed by atoms with van der Waals surface area (Å²) in [6, 6.07) is 0. The second-order valence-corrected chi connectivity index (χ2v) is 6.33. The Hall–Kier alpha value is -1.38. The van der Waals surface area contributed by atoms with Gasteiger partial charge in [0.05, 0.1) is 5.75 Å². The van der Waals surface area contributed by atoms with E-state index in [2.05, 4.69) is 0 Å². The van der Waals surface area contributed by atoms with Gasteiger partial charge in [0.1, 0.15) is 5.69 Å². The lowest BCUT2D eigenvalue weighted by molar-refractivity contribution is 0.381. The summed E-state index contributed by atoms with van der Waals surface area (Å²) in [5, 5.41) is 1.93. The fourth-order valence-corrected chi connectivity index (χ4v) is 2.74. The number of hydrogen-bond acceptors (Lipinski definition) is 3. The topological polar surface area (TPSA) is 46.2 Å². The molecular weight excluding hydrogens is 305 g/mol. The van der Waals surface area contributed by atoms with Crippen molar-refractivity contribution in [1.82, 2.24) is 0 Å².